The van der Waals surface area contributed by atoms with Crippen molar-refractivity contribution in [2.45, 2.75) is 46.1 Å². The van der Waals surface area contributed by atoms with Gasteiger partial charge >= 0.3 is 0 Å². The van der Waals surface area contributed by atoms with Gasteiger partial charge in [-0.15, -0.1) is 11.3 Å². The lowest BCUT2D eigenvalue weighted by atomic mass is 10.1. The third kappa shape index (κ3) is 3.42. The number of rotatable bonds is 6. The molecule has 0 spiro atoms. The Labute approximate surface area is 118 Å². The second kappa shape index (κ2) is 6.30. The van der Waals surface area contributed by atoms with Crippen LogP contribution in [0.5, 0.6) is 0 Å². The lowest BCUT2D eigenvalue weighted by Gasteiger charge is -2.04. The topological polar surface area (TPSA) is 51.0 Å². The minimum Gasteiger partial charge on any atom is -0.333 e. The Morgan fingerprint density at radius 2 is 2.26 bits per heavy atom. The summed E-state index contributed by atoms with van der Waals surface area (Å²) in [6.07, 6.45) is 3.05. The van der Waals surface area contributed by atoms with E-state index >= 15 is 0 Å². The molecule has 1 unspecified atom stereocenters. The van der Waals surface area contributed by atoms with Crippen molar-refractivity contribution in [1.82, 2.24) is 15.5 Å². The molecule has 0 amide bonds. The Balaban J connectivity index is 2.16. The quantitative estimate of drug-likeness (QED) is 0.882. The van der Waals surface area contributed by atoms with Crippen LogP contribution in [0.4, 0.5) is 0 Å². The molecule has 104 valence electrons. The fraction of sp³-hybridized carbons (Fsp3) is 0.571. The molecular formula is C14H21N3OS. The van der Waals surface area contributed by atoms with E-state index in [1.165, 1.54) is 10.4 Å². The molecule has 0 aliphatic heterocycles. The molecule has 0 saturated carbocycles. The Morgan fingerprint density at radius 3 is 2.95 bits per heavy atom. The van der Waals surface area contributed by atoms with Crippen molar-refractivity contribution in [1.29, 1.82) is 0 Å². The SMILES string of the molecule is CCCc1cc(-c2nc(CC(C)NC)no2)sc1C. The molecule has 2 aromatic heterocycles. The van der Waals surface area contributed by atoms with E-state index in [-0.39, 0.29) is 0 Å². The van der Waals surface area contributed by atoms with Crippen molar-refractivity contribution in [3.05, 3.63) is 22.3 Å². The second-order valence-corrected chi connectivity index (χ2v) is 6.11. The number of nitrogens with one attached hydrogen (secondary N) is 1. The van der Waals surface area contributed by atoms with Gasteiger partial charge in [0.05, 0.1) is 4.88 Å². The molecule has 0 aliphatic rings. The van der Waals surface area contributed by atoms with E-state index in [1.54, 1.807) is 11.3 Å². The van der Waals surface area contributed by atoms with Gasteiger partial charge in [0.1, 0.15) is 0 Å². The van der Waals surface area contributed by atoms with Crippen LogP contribution in [-0.4, -0.2) is 23.2 Å². The van der Waals surface area contributed by atoms with Crippen molar-refractivity contribution in [3.63, 3.8) is 0 Å². The molecule has 2 rings (SSSR count). The first-order valence-corrected chi connectivity index (χ1v) is 7.55. The summed E-state index contributed by atoms with van der Waals surface area (Å²) in [4.78, 5) is 6.90. The summed E-state index contributed by atoms with van der Waals surface area (Å²) in [7, 11) is 1.94. The van der Waals surface area contributed by atoms with Crippen LogP contribution in [-0.2, 0) is 12.8 Å². The van der Waals surface area contributed by atoms with Gasteiger partial charge in [-0.3, -0.25) is 0 Å². The molecule has 1 atom stereocenters. The van der Waals surface area contributed by atoms with Crippen molar-refractivity contribution >= 4 is 11.3 Å². The summed E-state index contributed by atoms with van der Waals surface area (Å²) >= 11 is 1.73. The zero-order chi connectivity index (χ0) is 13.8. The summed E-state index contributed by atoms with van der Waals surface area (Å²) in [5.74, 6) is 1.41. The average Bonchev–Trinajstić information content (AvgIpc) is 2.98. The van der Waals surface area contributed by atoms with Gasteiger partial charge in [-0.25, -0.2) is 0 Å². The van der Waals surface area contributed by atoms with Gasteiger partial charge in [-0.05, 0) is 38.9 Å². The van der Waals surface area contributed by atoms with E-state index in [9.17, 15) is 0 Å². The average molecular weight is 279 g/mol. The largest absolute Gasteiger partial charge is 0.333 e. The Morgan fingerprint density at radius 1 is 1.47 bits per heavy atom. The maximum Gasteiger partial charge on any atom is 0.268 e. The lowest BCUT2D eigenvalue weighted by Crippen LogP contribution is -2.24. The maximum atomic E-state index is 5.36. The first-order valence-electron chi connectivity index (χ1n) is 6.73. The molecule has 0 aliphatic carbocycles. The number of nitrogens with zero attached hydrogens (tertiary/aromatic N) is 2. The molecule has 19 heavy (non-hydrogen) atoms. The Kier molecular flexibility index (Phi) is 4.71. The zero-order valence-corrected chi connectivity index (χ0v) is 12.8. The minimum atomic E-state index is 0.353. The van der Waals surface area contributed by atoms with Crippen LogP contribution in [0.2, 0.25) is 0 Å². The molecule has 0 fully saturated rings. The first-order chi connectivity index (χ1) is 9.13. The maximum absolute atomic E-state index is 5.36. The van der Waals surface area contributed by atoms with Crippen molar-refractivity contribution < 1.29 is 4.52 Å². The van der Waals surface area contributed by atoms with Crippen molar-refractivity contribution in [3.8, 4) is 10.8 Å². The molecule has 2 heterocycles. The van der Waals surface area contributed by atoms with E-state index in [0.717, 1.165) is 30.0 Å². The molecule has 1 N–H and O–H groups in total. The molecular weight excluding hydrogens is 258 g/mol. The molecule has 4 nitrogen and oxygen atoms in total. The third-order valence-corrected chi connectivity index (χ3v) is 4.28. The number of thiophene rings is 1. The number of hydrogen-bond donors (Lipinski definition) is 1. The number of aryl methyl sites for hydroxylation is 2. The molecule has 2 aromatic rings. The lowest BCUT2D eigenvalue weighted by molar-refractivity contribution is 0.419. The first kappa shape index (κ1) is 14.2. The highest BCUT2D eigenvalue weighted by Gasteiger charge is 2.14. The molecule has 5 heteroatoms. The summed E-state index contributed by atoms with van der Waals surface area (Å²) in [5, 5.41) is 7.22. The van der Waals surface area contributed by atoms with E-state index in [4.69, 9.17) is 4.52 Å². The highest BCUT2D eigenvalue weighted by molar-refractivity contribution is 7.15. The number of aromatic nitrogens is 2. The summed E-state index contributed by atoms with van der Waals surface area (Å²) in [6.45, 7) is 6.45. The molecule has 0 saturated heterocycles. The van der Waals surface area contributed by atoms with Gasteiger partial charge < -0.3 is 9.84 Å². The van der Waals surface area contributed by atoms with E-state index in [1.807, 2.05) is 7.05 Å². The summed E-state index contributed by atoms with van der Waals surface area (Å²) < 4.78 is 5.36. The van der Waals surface area contributed by atoms with Crippen LogP contribution in [0.3, 0.4) is 0 Å². The van der Waals surface area contributed by atoms with Gasteiger partial charge in [0.2, 0.25) is 0 Å². The van der Waals surface area contributed by atoms with Crippen molar-refractivity contribution in [2.24, 2.45) is 0 Å². The predicted molar refractivity (Wildman–Crippen MR) is 78.6 cm³/mol. The zero-order valence-electron chi connectivity index (χ0n) is 12.0. The number of hydrogen-bond acceptors (Lipinski definition) is 5. The standard InChI is InChI=1S/C14H21N3OS/c1-5-6-11-8-12(19-10(11)3)14-16-13(17-18-14)7-9(2)15-4/h8-9,15H,5-7H2,1-4H3. The van der Waals surface area contributed by atoms with Crippen LogP contribution < -0.4 is 5.32 Å². The van der Waals surface area contributed by atoms with Gasteiger partial charge in [0.25, 0.3) is 5.89 Å². The van der Waals surface area contributed by atoms with Crippen LogP contribution in [0.15, 0.2) is 10.6 Å². The van der Waals surface area contributed by atoms with E-state index < -0.39 is 0 Å². The predicted octanol–water partition coefficient (Wildman–Crippen LogP) is 3.21. The monoisotopic (exact) mass is 279 g/mol. The van der Waals surface area contributed by atoms with E-state index in [2.05, 4.69) is 42.3 Å². The van der Waals surface area contributed by atoms with Gasteiger partial charge in [-0.1, -0.05) is 18.5 Å². The summed E-state index contributed by atoms with van der Waals surface area (Å²) in [5.41, 5.74) is 1.39. The van der Waals surface area contributed by atoms with Gasteiger partial charge in [0, 0.05) is 17.3 Å². The highest BCUT2D eigenvalue weighted by Crippen LogP contribution is 2.30. The van der Waals surface area contributed by atoms with Gasteiger partial charge in [0.15, 0.2) is 5.82 Å². The van der Waals surface area contributed by atoms with Gasteiger partial charge in [-0.2, -0.15) is 4.98 Å². The smallest absolute Gasteiger partial charge is 0.268 e. The fourth-order valence-corrected chi connectivity index (χ4v) is 2.95. The minimum absolute atomic E-state index is 0.353. The van der Waals surface area contributed by atoms with Crippen LogP contribution in [0.1, 0.15) is 36.5 Å². The normalized spacial score (nSPS) is 12.8. The Bertz CT molecular complexity index is 533. The second-order valence-electron chi connectivity index (χ2n) is 4.85. The third-order valence-electron chi connectivity index (χ3n) is 3.20. The fourth-order valence-electron chi connectivity index (χ4n) is 1.96. The molecule has 0 aromatic carbocycles. The van der Waals surface area contributed by atoms with Crippen LogP contribution in [0.25, 0.3) is 10.8 Å². The van der Waals surface area contributed by atoms with Crippen molar-refractivity contribution in [2.75, 3.05) is 7.05 Å². The van der Waals surface area contributed by atoms with Crippen LogP contribution in [0, 0.1) is 6.92 Å². The molecule has 0 bridgehead atoms. The molecule has 0 radical (unpaired) electrons. The van der Waals surface area contributed by atoms with Crippen LogP contribution >= 0.6 is 11.3 Å². The van der Waals surface area contributed by atoms with E-state index in [0.29, 0.717) is 11.9 Å². The Hall–Kier alpha value is -1.20. The highest BCUT2D eigenvalue weighted by atomic mass is 32.1. The summed E-state index contributed by atoms with van der Waals surface area (Å²) in [6, 6.07) is 2.54. The number of likely N-dealkylation sites (N-methyl/N-ethyl adjacent to an activating group) is 1.